The molecule has 0 aromatic heterocycles. The Labute approximate surface area is 175 Å². The summed E-state index contributed by atoms with van der Waals surface area (Å²) in [6, 6.07) is 7.11. The molecule has 29 heavy (non-hydrogen) atoms. The van der Waals surface area contributed by atoms with Gasteiger partial charge >= 0.3 is 5.97 Å². The van der Waals surface area contributed by atoms with Gasteiger partial charge in [0.1, 0.15) is 0 Å². The number of rotatable bonds is 7. The highest BCUT2D eigenvalue weighted by Crippen LogP contribution is 2.36. The highest BCUT2D eigenvalue weighted by atomic mass is 28.4. The van der Waals surface area contributed by atoms with Gasteiger partial charge in [-0.15, -0.1) is 0 Å². The summed E-state index contributed by atoms with van der Waals surface area (Å²) in [7, 11) is -1.93. The number of esters is 1. The van der Waals surface area contributed by atoms with Crippen LogP contribution in [0.5, 0.6) is 0 Å². The molecule has 1 saturated heterocycles. The van der Waals surface area contributed by atoms with Crippen molar-refractivity contribution >= 4 is 20.2 Å². The average molecular weight is 422 g/mol. The van der Waals surface area contributed by atoms with Crippen molar-refractivity contribution in [3.8, 4) is 0 Å². The molecule has 0 aliphatic carbocycles. The van der Waals surface area contributed by atoms with Gasteiger partial charge in [-0.05, 0) is 36.7 Å². The molecular weight excluding hydrogens is 386 g/mol. The van der Waals surface area contributed by atoms with Gasteiger partial charge in [-0.25, -0.2) is 0 Å². The van der Waals surface area contributed by atoms with Crippen LogP contribution in [0.4, 0.5) is 0 Å². The van der Waals surface area contributed by atoms with E-state index in [1.54, 1.807) is 13.0 Å². The second-order valence-electron chi connectivity index (χ2n) is 8.94. The van der Waals surface area contributed by atoms with E-state index in [0.29, 0.717) is 44.1 Å². The molecule has 1 amide bonds. The average Bonchev–Trinajstić information content (AvgIpc) is 2.66. The zero-order chi connectivity index (χ0) is 21.7. The van der Waals surface area contributed by atoms with Crippen molar-refractivity contribution < 1.29 is 23.5 Å². The molecular formula is C22H35NO5Si. The Bertz CT molecular complexity index is 713. The van der Waals surface area contributed by atoms with Crippen molar-refractivity contribution in [2.24, 2.45) is 0 Å². The number of nitrogens with zero attached hydrogens (tertiary/aromatic N) is 1. The summed E-state index contributed by atoms with van der Waals surface area (Å²) in [6.07, 6.45) is 0.0885. The molecule has 1 fully saturated rings. The summed E-state index contributed by atoms with van der Waals surface area (Å²) < 4.78 is 17.1. The van der Waals surface area contributed by atoms with E-state index in [0.717, 1.165) is 0 Å². The van der Waals surface area contributed by atoms with Crippen molar-refractivity contribution in [2.45, 2.75) is 58.3 Å². The zero-order valence-electron chi connectivity index (χ0n) is 18.6. The highest BCUT2D eigenvalue weighted by Gasteiger charge is 2.39. The fourth-order valence-corrected chi connectivity index (χ4v) is 4.03. The van der Waals surface area contributed by atoms with Gasteiger partial charge < -0.3 is 18.8 Å². The van der Waals surface area contributed by atoms with Crippen molar-refractivity contribution in [3.05, 3.63) is 35.4 Å². The number of morpholine rings is 1. The quantitative estimate of drug-likeness (QED) is 0.497. The lowest BCUT2D eigenvalue weighted by molar-refractivity contribution is -0.142. The molecule has 6 nitrogen and oxygen atoms in total. The summed E-state index contributed by atoms with van der Waals surface area (Å²) in [5, 5.41) is 0.101. The van der Waals surface area contributed by atoms with Crippen LogP contribution < -0.4 is 0 Å². The standard InChI is InChI=1S/C22H35NO5Si/c1-7-27-20(24)14-17-10-8-9-11-19(17)21(25)23-12-13-26-15-18(23)16-28-29(5,6)22(2,3)4/h8-11,18H,7,12-16H2,1-6H3/t18-/m0/s1. The molecule has 1 heterocycles. The molecule has 0 radical (unpaired) electrons. The largest absolute Gasteiger partial charge is 0.466 e. The summed E-state index contributed by atoms with van der Waals surface area (Å²) >= 11 is 0. The molecule has 1 atom stereocenters. The number of hydrogen-bond donors (Lipinski definition) is 0. The van der Waals surface area contributed by atoms with E-state index in [2.05, 4.69) is 33.9 Å². The van der Waals surface area contributed by atoms with Crippen LogP contribution >= 0.6 is 0 Å². The van der Waals surface area contributed by atoms with E-state index in [1.807, 2.05) is 23.1 Å². The second kappa shape index (κ2) is 9.87. The minimum atomic E-state index is -1.93. The molecule has 2 rings (SSSR count). The Balaban J connectivity index is 2.17. The number of ether oxygens (including phenoxy) is 2. The molecule has 0 unspecified atom stereocenters. The molecule has 1 aliphatic heterocycles. The lowest BCUT2D eigenvalue weighted by Crippen LogP contribution is -2.53. The molecule has 0 bridgehead atoms. The van der Waals surface area contributed by atoms with Crippen LogP contribution in [0.2, 0.25) is 18.1 Å². The van der Waals surface area contributed by atoms with E-state index in [1.165, 1.54) is 0 Å². The van der Waals surface area contributed by atoms with Crippen LogP contribution in [-0.4, -0.2) is 64.1 Å². The Morgan fingerprint density at radius 3 is 2.59 bits per heavy atom. The van der Waals surface area contributed by atoms with Gasteiger partial charge in [0, 0.05) is 12.1 Å². The zero-order valence-corrected chi connectivity index (χ0v) is 19.6. The van der Waals surface area contributed by atoms with Crippen molar-refractivity contribution in [2.75, 3.05) is 33.0 Å². The lowest BCUT2D eigenvalue weighted by atomic mass is 10.0. The smallest absolute Gasteiger partial charge is 0.310 e. The molecule has 162 valence electrons. The first-order chi connectivity index (χ1) is 13.6. The predicted molar refractivity (Wildman–Crippen MR) is 116 cm³/mol. The fraction of sp³-hybridized carbons (Fsp3) is 0.636. The number of benzene rings is 1. The van der Waals surface area contributed by atoms with Gasteiger partial charge in [-0.3, -0.25) is 9.59 Å². The normalized spacial score (nSPS) is 17.9. The minimum Gasteiger partial charge on any atom is -0.466 e. The SMILES string of the molecule is CCOC(=O)Cc1ccccc1C(=O)N1CCOC[C@H]1CO[Si](C)(C)C(C)(C)C. The highest BCUT2D eigenvalue weighted by molar-refractivity contribution is 6.74. The van der Waals surface area contributed by atoms with Gasteiger partial charge in [-0.1, -0.05) is 39.0 Å². The Morgan fingerprint density at radius 1 is 1.24 bits per heavy atom. The third-order valence-corrected chi connectivity index (χ3v) is 10.3. The van der Waals surface area contributed by atoms with Crippen molar-refractivity contribution in [3.63, 3.8) is 0 Å². The second-order valence-corrected chi connectivity index (χ2v) is 13.7. The Hall–Kier alpha value is -1.70. The van der Waals surface area contributed by atoms with Crippen LogP contribution in [0, 0.1) is 0 Å². The number of carbonyl (C=O) groups excluding carboxylic acids is 2. The van der Waals surface area contributed by atoms with Gasteiger partial charge in [-0.2, -0.15) is 0 Å². The lowest BCUT2D eigenvalue weighted by Gasteiger charge is -2.41. The van der Waals surface area contributed by atoms with Crippen LogP contribution in [0.3, 0.4) is 0 Å². The van der Waals surface area contributed by atoms with Crippen LogP contribution in [-0.2, 0) is 25.1 Å². The molecule has 0 saturated carbocycles. The third kappa shape index (κ3) is 6.14. The fourth-order valence-electron chi connectivity index (χ4n) is 2.99. The van der Waals surface area contributed by atoms with Crippen LogP contribution in [0.15, 0.2) is 24.3 Å². The van der Waals surface area contributed by atoms with Gasteiger partial charge in [0.15, 0.2) is 8.32 Å². The Kier molecular flexibility index (Phi) is 8.02. The number of hydrogen-bond acceptors (Lipinski definition) is 5. The van der Waals surface area contributed by atoms with E-state index in [9.17, 15) is 9.59 Å². The van der Waals surface area contributed by atoms with E-state index in [-0.39, 0.29) is 29.4 Å². The first kappa shape index (κ1) is 23.6. The summed E-state index contributed by atoms with van der Waals surface area (Å²) in [4.78, 5) is 27.2. The third-order valence-electron chi connectivity index (χ3n) is 5.82. The van der Waals surface area contributed by atoms with E-state index in [4.69, 9.17) is 13.9 Å². The van der Waals surface area contributed by atoms with Crippen molar-refractivity contribution in [1.29, 1.82) is 0 Å². The number of carbonyl (C=O) groups is 2. The summed E-state index contributed by atoms with van der Waals surface area (Å²) in [5.41, 5.74) is 1.23. The number of amides is 1. The van der Waals surface area contributed by atoms with Crippen LogP contribution in [0.25, 0.3) is 0 Å². The van der Waals surface area contributed by atoms with Crippen LogP contribution in [0.1, 0.15) is 43.6 Å². The molecule has 0 N–H and O–H groups in total. The summed E-state index contributed by atoms with van der Waals surface area (Å²) in [5.74, 6) is -0.412. The molecule has 1 aliphatic rings. The molecule has 1 aromatic carbocycles. The maximum absolute atomic E-state index is 13.4. The van der Waals surface area contributed by atoms with Gasteiger partial charge in [0.05, 0.1) is 38.9 Å². The maximum atomic E-state index is 13.4. The summed E-state index contributed by atoms with van der Waals surface area (Å²) in [6.45, 7) is 15.0. The van der Waals surface area contributed by atoms with Crippen molar-refractivity contribution in [1.82, 2.24) is 4.90 Å². The Morgan fingerprint density at radius 2 is 1.93 bits per heavy atom. The van der Waals surface area contributed by atoms with Gasteiger partial charge in [0.2, 0.25) is 0 Å². The first-order valence-electron chi connectivity index (χ1n) is 10.3. The maximum Gasteiger partial charge on any atom is 0.310 e. The first-order valence-corrected chi connectivity index (χ1v) is 13.2. The van der Waals surface area contributed by atoms with E-state index < -0.39 is 8.32 Å². The topological polar surface area (TPSA) is 65.1 Å². The molecule has 7 heteroatoms. The predicted octanol–water partition coefficient (Wildman–Crippen LogP) is 3.66. The van der Waals surface area contributed by atoms with E-state index >= 15 is 0 Å². The van der Waals surface area contributed by atoms with Gasteiger partial charge in [0.25, 0.3) is 5.91 Å². The minimum absolute atomic E-state index is 0.0861. The monoisotopic (exact) mass is 421 g/mol. The molecule has 1 aromatic rings. The molecule has 0 spiro atoms.